The molecular formula is C18H20ClNO2. The van der Waals surface area contributed by atoms with Crippen molar-refractivity contribution >= 4 is 23.2 Å². The van der Waals surface area contributed by atoms with Gasteiger partial charge < -0.3 is 10.1 Å². The molecule has 0 unspecified atom stereocenters. The Labute approximate surface area is 136 Å². The van der Waals surface area contributed by atoms with Crippen molar-refractivity contribution in [1.82, 2.24) is 0 Å². The Kier molecular flexibility index (Phi) is 5.45. The summed E-state index contributed by atoms with van der Waals surface area (Å²) in [6, 6.07) is 13.0. The lowest BCUT2D eigenvalue weighted by Gasteiger charge is -2.18. The van der Waals surface area contributed by atoms with Gasteiger partial charge in [-0.25, -0.2) is 0 Å². The van der Waals surface area contributed by atoms with Crippen LogP contribution >= 0.6 is 11.6 Å². The average Bonchev–Trinajstić information content (AvgIpc) is 2.47. The van der Waals surface area contributed by atoms with Crippen LogP contribution in [-0.4, -0.2) is 12.0 Å². The normalized spacial score (nSPS) is 11.8. The number of nitrogens with one attached hydrogen (secondary N) is 1. The highest BCUT2D eigenvalue weighted by Crippen LogP contribution is 2.21. The number of ether oxygens (including phenoxy) is 1. The van der Waals surface area contributed by atoms with E-state index in [1.165, 1.54) is 0 Å². The number of amides is 1. The van der Waals surface area contributed by atoms with Gasteiger partial charge in [-0.2, -0.15) is 0 Å². The van der Waals surface area contributed by atoms with E-state index in [-0.39, 0.29) is 5.91 Å². The van der Waals surface area contributed by atoms with Crippen molar-refractivity contribution in [3.05, 3.63) is 58.6 Å². The number of hydrogen-bond acceptors (Lipinski definition) is 2. The third-order valence-electron chi connectivity index (χ3n) is 3.38. The van der Waals surface area contributed by atoms with Crippen LogP contribution in [0.2, 0.25) is 5.02 Å². The molecule has 1 atom stereocenters. The SMILES string of the molecule is CC[C@@H](Oc1cccc(Cl)c1)C(=O)Nc1ccc(C)cc1C. The number of hydrogen-bond donors (Lipinski definition) is 1. The van der Waals surface area contributed by atoms with Crippen LogP contribution in [0.25, 0.3) is 0 Å². The van der Waals surface area contributed by atoms with Crippen molar-refractivity contribution in [2.45, 2.75) is 33.3 Å². The molecule has 1 amide bonds. The van der Waals surface area contributed by atoms with E-state index in [4.69, 9.17) is 16.3 Å². The van der Waals surface area contributed by atoms with Gasteiger partial charge in [0.1, 0.15) is 5.75 Å². The fourth-order valence-corrected chi connectivity index (χ4v) is 2.37. The first-order valence-corrected chi connectivity index (χ1v) is 7.67. The van der Waals surface area contributed by atoms with Crippen LogP contribution in [0.4, 0.5) is 5.69 Å². The molecule has 0 aliphatic rings. The van der Waals surface area contributed by atoms with Crippen LogP contribution in [0.5, 0.6) is 5.75 Å². The van der Waals surface area contributed by atoms with Crippen molar-refractivity contribution < 1.29 is 9.53 Å². The van der Waals surface area contributed by atoms with Gasteiger partial charge in [0.25, 0.3) is 5.91 Å². The van der Waals surface area contributed by atoms with E-state index >= 15 is 0 Å². The maximum absolute atomic E-state index is 12.4. The van der Waals surface area contributed by atoms with Gasteiger partial charge in [-0.3, -0.25) is 4.79 Å². The van der Waals surface area contributed by atoms with E-state index in [2.05, 4.69) is 5.32 Å². The summed E-state index contributed by atoms with van der Waals surface area (Å²) < 4.78 is 5.75. The summed E-state index contributed by atoms with van der Waals surface area (Å²) in [5, 5.41) is 3.51. The first-order valence-electron chi connectivity index (χ1n) is 7.30. The first-order chi connectivity index (χ1) is 10.5. The van der Waals surface area contributed by atoms with Gasteiger partial charge in [0, 0.05) is 10.7 Å². The van der Waals surface area contributed by atoms with E-state index in [9.17, 15) is 4.79 Å². The first kappa shape index (κ1) is 16.4. The Bertz CT molecular complexity index is 670. The summed E-state index contributed by atoms with van der Waals surface area (Å²) in [6.45, 7) is 5.91. The van der Waals surface area contributed by atoms with E-state index in [1.54, 1.807) is 24.3 Å². The highest BCUT2D eigenvalue weighted by molar-refractivity contribution is 6.30. The predicted octanol–water partition coefficient (Wildman–Crippen LogP) is 4.75. The number of carbonyl (C=O) groups excluding carboxylic acids is 1. The standard InChI is InChI=1S/C18H20ClNO2/c1-4-17(22-15-7-5-6-14(19)11-15)18(21)20-16-9-8-12(2)10-13(16)3/h5-11,17H,4H2,1-3H3,(H,20,21)/t17-/m1/s1. The fourth-order valence-electron chi connectivity index (χ4n) is 2.19. The molecule has 22 heavy (non-hydrogen) atoms. The molecule has 0 aromatic heterocycles. The van der Waals surface area contributed by atoms with Gasteiger partial charge in [0.15, 0.2) is 6.10 Å². The number of rotatable bonds is 5. The third kappa shape index (κ3) is 4.25. The number of anilines is 1. The molecule has 0 fully saturated rings. The van der Waals surface area contributed by atoms with Gasteiger partial charge in [0.2, 0.25) is 0 Å². The number of halogens is 1. The molecule has 0 saturated carbocycles. The lowest BCUT2D eigenvalue weighted by atomic mass is 10.1. The van der Waals surface area contributed by atoms with Crippen LogP contribution in [0, 0.1) is 13.8 Å². The van der Waals surface area contributed by atoms with Crippen LogP contribution < -0.4 is 10.1 Å². The molecule has 0 aliphatic carbocycles. The second kappa shape index (κ2) is 7.32. The molecule has 0 bridgehead atoms. The summed E-state index contributed by atoms with van der Waals surface area (Å²) >= 11 is 5.94. The molecule has 2 aromatic carbocycles. The number of benzene rings is 2. The van der Waals surface area contributed by atoms with Crippen molar-refractivity contribution in [2.24, 2.45) is 0 Å². The van der Waals surface area contributed by atoms with Crippen LogP contribution in [0.15, 0.2) is 42.5 Å². The van der Waals surface area contributed by atoms with E-state index in [0.29, 0.717) is 17.2 Å². The number of carbonyl (C=O) groups is 1. The maximum atomic E-state index is 12.4. The summed E-state index contributed by atoms with van der Waals surface area (Å²) in [7, 11) is 0. The molecule has 2 rings (SSSR count). The zero-order chi connectivity index (χ0) is 16.1. The molecule has 0 spiro atoms. The Morgan fingerprint density at radius 1 is 1.23 bits per heavy atom. The van der Waals surface area contributed by atoms with Gasteiger partial charge in [-0.1, -0.05) is 42.3 Å². The second-order valence-corrected chi connectivity index (χ2v) is 5.72. The van der Waals surface area contributed by atoms with Crippen molar-refractivity contribution in [3.63, 3.8) is 0 Å². The zero-order valence-corrected chi connectivity index (χ0v) is 13.8. The summed E-state index contributed by atoms with van der Waals surface area (Å²) in [5.41, 5.74) is 3.01. The third-order valence-corrected chi connectivity index (χ3v) is 3.61. The summed E-state index contributed by atoms with van der Waals surface area (Å²) in [6.07, 6.45) is 0.0163. The topological polar surface area (TPSA) is 38.3 Å². The molecule has 116 valence electrons. The fraction of sp³-hybridized carbons (Fsp3) is 0.278. The monoisotopic (exact) mass is 317 g/mol. The quantitative estimate of drug-likeness (QED) is 0.864. The lowest BCUT2D eigenvalue weighted by Crippen LogP contribution is -2.32. The van der Waals surface area contributed by atoms with Gasteiger partial charge in [-0.05, 0) is 50.1 Å². The van der Waals surface area contributed by atoms with E-state index < -0.39 is 6.10 Å². The molecule has 0 aliphatic heterocycles. The van der Waals surface area contributed by atoms with Crippen molar-refractivity contribution in [2.75, 3.05) is 5.32 Å². The molecule has 3 nitrogen and oxygen atoms in total. The minimum atomic E-state index is -0.556. The number of aryl methyl sites for hydroxylation is 2. The highest BCUT2D eigenvalue weighted by Gasteiger charge is 2.19. The smallest absolute Gasteiger partial charge is 0.265 e. The molecular weight excluding hydrogens is 298 g/mol. The largest absolute Gasteiger partial charge is 0.481 e. The molecule has 0 radical (unpaired) electrons. The summed E-state index contributed by atoms with van der Waals surface area (Å²) in [4.78, 5) is 12.4. The van der Waals surface area contributed by atoms with Crippen LogP contribution in [0.1, 0.15) is 24.5 Å². The second-order valence-electron chi connectivity index (χ2n) is 5.28. The molecule has 0 saturated heterocycles. The Morgan fingerprint density at radius 3 is 2.64 bits per heavy atom. The van der Waals surface area contributed by atoms with E-state index in [1.807, 2.05) is 39.0 Å². The molecule has 1 N–H and O–H groups in total. The Balaban J connectivity index is 2.08. The summed E-state index contributed by atoms with van der Waals surface area (Å²) in [5.74, 6) is 0.435. The van der Waals surface area contributed by atoms with Crippen LogP contribution in [-0.2, 0) is 4.79 Å². The lowest BCUT2D eigenvalue weighted by molar-refractivity contribution is -0.122. The zero-order valence-electron chi connectivity index (χ0n) is 13.0. The highest BCUT2D eigenvalue weighted by atomic mass is 35.5. The Hall–Kier alpha value is -2.00. The predicted molar refractivity (Wildman–Crippen MR) is 90.7 cm³/mol. The van der Waals surface area contributed by atoms with Crippen molar-refractivity contribution in [1.29, 1.82) is 0 Å². The molecule has 0 heterocycles. The van der Waals surface area contributed by atoms with Crippen molar-refractivity contribution in [3.8, 4) is 5.75 Å². The van der Waals surface area contributed by atoms with Gasteiger partial charge in [0.05, 0.1) is 0 Å². The molecule has 2 aromatic rings. The Morgan fingerprint density at radius 2 is 2.00 bits per heavy atom. The maximum Gasteiger partial charge on any atom is 0.265 e. The average molecular weight is 318 g/mol. The van der Waals surface area contributed by atoms with E-state index in [0.717, 1.165) is 16.8 Å². The van der Waals surface area contributed by atoms with Gasteiger partial charge in [-0.15, -0.1) is 0 Å². The minimum Gasteiger partial charge on any atom is -0.481 e. The minimum absolute atomic E-state index is 0.158. The van der Waals surface area contributed by atoms with Crippen LogP contribution in [0.3, 0.4) is 0 Å². The van der Waals surface area contributed by atoms with Gasteiger partial charge >= 0.3 is 0 Å². The molecule has 4 heteroatoms.